The number of carbonyl (C=O) groups excluding carboxylic acids is 4. The Balaban J connectivity index is 1.68. The highest BCUT2D eigenvalue weighted by Gasteiger charge is 2.54. The highest BCUT2D eigenvalue weighted by Crippen LogP contribution is 2.43. The molecular formula is C21H17Br2ClN2O4S. The highest BCUT2D eigenvalue weighted by molar-refractivity contribution is 9.12. The number of hydrazine groups is 1. The van der Waals surface area contributed by atoms with Crippen LogP contribution in [-0.4, -0.2) is 49.7 Å². The van der Waals surface area contributed by atoms with Gasteiger partial charge in [-0.2, -0.15) is 5.01 Å². The monoisotopic (exact) mass is 586 g/mol. The maximum Gasteiger partial charge on any atom is 0.273 e. The average Bonchev–Trinajstić information content (AvgIpc) is 3.36. The summed E-state index contributed by atoms with van der Waals surface area (Å²) in [7, 11) is 0. The van der Waals surface area contributed by atoms with Gasteiger partial charge in [0.15, 0.2) is 5.78 Å². The molecule has 162 valence electrons. The molecule has 2 aromatic rings. The molecule has 10 heteroatoms. The molecule has 2 fully saturated rings. The van der Waals surface area contributed by atoms with Crippen LogP contribution in [0, 0.1) is 11.8 Å². The Kier molecular flexibility index (Phi) is 6.67. The second-order valence-corrected chi connectivity index (χ2v) is 11.2. The maximum atomic E-state index is 13.3. The van der Waals surface area contributed by atoms with E-state index in [0.29, 0.717) is 22.7 Å². The molecule has 0 N–H and O–H groups in total. The number of nitrogens with zero attached hydrogens (tertiary/aromatic N) is 2. The molecule has 0 spiro atoms. The van der Waals surface area contributed by atoms with E-state index in [9.17, 15) is 19.2 Å². The summed E-state index contributed by atoms with van der Waals surface area (Å²) in [6.45, 7) is -0.408. The minimum Gasteiger partial charge on any atom is -0.291 e. The fourth-order valence-electron chi connectivity index (χ4n) is 3.94. The predicted molar refractivity (Wildman–Crippen MR) is 125 cm³/mol. The van der Waals surface area contributed by atoms with E-state index in [4.69, 9.17) is 11.6 Å². The largest absolute Gasteiger partial charge is 0.291 e. The summed E-state index contributed by atoms with van der Waals surface area (Å²) < 4.78 is 0. The van der Waals surface area contributed by atoms with Gasteiger partial charge in [-0.15, -0.1) is 11.3 Å². The molecule has 1 aliphatic heterocycles. The zero-order valence-corrected chi connectivity index (χ0v) is 20.8. The van der Waals surface area contributed by atoms with Crippen molar-refractivity contribution in [3.63, 3.8) is 0 Å². The van der Waals surface area contributed by atoms with Crippen LogP contribution in [0.5, 0.6) is 0 Å². The van der Waals surface area contributed by atoms with Gasteiger partial charge in [-0.25, -0.2) is 5.01 Å². The maximum absolute atomic E-state index is 13.3. The molecule has 1 aromatic carbocycles. The lowest BCUT2D eigenvalue weighted by atomic mass is 9.81. The number of rotatable bonds is 5. The lowest BCUT2D eigenvalue weighted by Gasteiger charge is -2.30. The molecule has 31 heavy (non-hydrogen) atoms. The molecule has 1 saturated heterocycles. The SMILES string of the molecule is O=C(CN(C(=O)c1ccc(Cl)cc1)N1C(=O)[C@@H]2C[C@@H](Br)[C@@H](Br)C[C@H]2C1=O)c1cccs1. The van der Waals surface area contributed by atoms with E-state index in [1.807, 2.05) is 0 Å². The van der Waals surface area contributed by atoms with E-state index >= 15 is 0 Å². The molecule has 0 bridgehead atoms. The van der Waals surface area contributed by atoms with E-state index in [1.54, 1.807) is 29.6 Å². The van der Waals surface area contributed by atoms with Crippen molar-refractivity contribution in [3.8, 4) is 0 Å². The number of Topliss-reactive ketones (excluding diaryl/α,β-unsaturated/α-hetero) is 1. The van der Waals surface area contributed by atoms with Gasteiger partial charge in [-0.3, -0.25) is 19.2 Å². The van der Waals surface area contributed by atoms with E-state index < -0.39 is 36.1 Å². The summed E-state index contributed by atoms with van der Waals surface area (Å²) in [6, 6.07) is 9.49. The molecule has 2 heterocycles. The summed E-state index contributed by atoms with van der Waals surface area (Å²) in [5, 5.41) is 4.08. The fourth-order valence-corrected chi connectivity index (χ4v) is 5.96. The number of imide groups is 1. The zero-order chi connectivity index (χ0) is 22.3. The van der Waals surface area contributed by atoms with Crippen LogP contribution in [0.3, 0.4) is 0 Å². The van der Waals surface area contributed by atoms with Crippen LogP contribution < -0.4 is 0 Å². The lowest BCUT2D eigenvalue weighted by Crippen LogP contribution is -2.52. The Morgan fingerprint density at radius 2 is 1.61 bits per heavy atom. The number of hydrogen-bond donors (Lipinski definition) is 0. The topological polar surface area (TPSA) is 74.8 Å². The number of thiophene rings is 1. The summed E-state index contributed by atoms with van der Waals surface area (Å²) >= 11 is 14.3. The molecule has 6 nitrogen and oxygen atoms in total. The number of benzene rings is 1. The summed E-state index contributed by atoms with van der Waals surface area (Å²) in [6.07, 6.45) is 0.951. The molecule has 4 atom stereocenters. The molecule has 2 aliphatic rings. The van der Waals surface area contributed by atoms with E-state index in [0.717, 1.165) is 10.0 Å². The Hall–Kier alpha value is -1.55. The number of alkyl halides is 2. The minimum absolute atomic E-state index is 0.0404. The third-order valence-corrected chi connectivity index (χ3v) is 9.44. The van der Waals surface area contributed by atoms with Crippen LogP contribution in [-0.2, 0) is 9.59 Å². The van der Waals surface area contributed by atoms with Crippen LogP contribution in [0.1, 0.15) is 32.9 Å². The van der Waals surface area contributed by atoms with Crippen LogP contribution in [0.15, 0.2) is 41.8 Å². The molecule has 1 aromatic heterocycles. The molecule has 3 amide bonds. The Morgan fingerprint density at radius 1 is 1.03 bits per heavy atom. The van der Waals surface area contributed by atoms with Gasteiger partial charge in [0.25, 0.3) is 17.7 Å². The summed E-state index contributed by atoms with van der Waals surface area (Å²) in [5.74, 6) is -2.89. The van der Waals surface area contributed by atoms with Crippen molar-refractivity contribution in [1.82, 2.24) is 10.0 Å². The first-order valence-corrected chi connectivity index (χ1v) is 12.7. The standard InChI is InChI=1S/C21H17Br2ClN2O4S/c22-15-8-13-14(9-16(15)23)21(30)26(20(13)29)25(10-17(27)18-2-1-7-31-18)19(28)11-3-5-12(24)6-4-11/h1-7,13-16H,8-10H2/t13-,14-,15-,16+/m1/s1. The van der Waals surface area contributed by atoms with Gasteiger partial charge in [0.2, 0.25) is 0 Å². The van der Waals surface area contributed by atoms with E-state index in [-0.39, 0.29) is 21.0 Å². The normalized spacial score (nSPS) is 25.5. The van der Waals surface area contributed by atoms with Crippen molar-refractivity contribution in [2.75, 3.05) is 6.54 Å². The van der Waals surface area contributed by atoms with Crippen LogP contribution >= 0.6 is 54.8 Å². The molecular weight excluding hydrogens is 572 g/mol. The van der Waals surface area contributed by atoms with Gasteiger partial charge < -0.3 is 0 Å². The minimum atomic E-state index is -0.604. The molecule has 1 aliphatic carbocycles. The zero-order valence-electron chi connectivity index (χ0n) is 16.0. The van der Waals surface area contributed by atoms with Gasteiger partial charge in [-0.05, 0) is 48.6 Å². The lowest BCUT2D eigenvalue weighted by molar-refractivity contribution is -0.154. The first-order chi connectivity index (χ1) is 14.8. The van der Waals surface area contributed by atoms with Gasteiger partial charge in [0.05, 0.1) is 16.7 Å². The van der Waals surface area contributed by atoms with Gasteiger partial charge in [0, 0.05) is 20.2 Å². The second kappa shape index (κ2) is 9.13. The number of ketones is 1. The smallest absolute Gasteiger partial charge is 0.273 e. The van der Waals surface area contributed by atoms with Crippen LogP contribution in [0.2, 0.25) is 5.02 Å². The van der Waals surface area contributed by atoms with Crippen LogP contribution in [0.25, 0.3) is 0 Å². The molecule has 4 rings (SSSR count). The molecule has 0 unspecified atom stereocenters. The van der Waals surface area contributed by atoms with Crippen molar-refractivity contribution < 1.29 is 19.2 Å². The highest BCUT2D eigenvalue weighted by atomic mass is 79.9. The second-order valence-electron chi connectivity index (χ2n) is 7.47. The first-order valence-electron chi connectivity index (χ1n) is 9.58. The number of carbonyl (C=O) groups is 4. The molecule has 0 radical (unpaired) electrons. The predicted octanol–water partition coefficient (Wildman–Crippen LogP) is 4.56. The number of halogens is 3. The van der Waals surface area contributed by atoms with Gasteiger partial charge >= 0.3 is 0 Å². The Bertz CT molecular complexity index is 1000. The third-order valence-electron chi connectivity index (χ3n) is 5.54. The Morgan fingerprint density at radius 3 is 2.13 bits per heavy atom. The van der Waals surface area contributed by atoms with Crippen LogP contribution in [0.4, 0.5) is 0 Å². The van der Waals surface area contributed by atoms with Crippen molar-refractivity contribution in [2.45, 2.75) is 22.5 Å². The third kappa shape index (κ3) is 4.37. The van der Waals surface area contributed by atoms with E-state index in [2.05, 4.69) is 31.9 Å². The average molecular weight is 589 g/mol. The number of amides is 3. The van der Waals surface area contributed by atoms with Crippen molar-refractivity contribution in [3.05, 3.63) is 57.2 Å². The summed E-state index contributed by atoms with van der Waals surface area (Å²) in [5.41, 5.74) is 0.232. The first kappa shape index (κ1) is 22.6. The van der Waals surface area contributed by atoms with Crippen molar-refractivity contribution in [1.29, 1.82) is 0 Å². The Labute approximate surface area is 204 Å². The van der Waals surface area contributed by atoms with E-state index in [1.165, 1.54) is 23.5 Å². The number of hydrogen-bond acceptors (Lipinski definition) is 5. The van der Waals surface area contributed by atoms with Crippen molar-refractivity contribution >= 4 is 78.3 Å². The summed E-state index contributed by atoms with van der Waals surface area (Å²) in [4.78, 5) is 53.2. The molecule has 1 saturated carbocycles. The quantitative estimate of drug-likeness (QED) is 0.292. The van der Waals surface area contributed by atoms with Gasteiger partial charge in [0.1, 0.15) is 6.54 Å². The fraction of sp³-hybridized carbons (Fsp3) is 0.333. The van der Waals surface area contributed by atoms with Gasteiger partial charge in [-0.1, -0.05) is 49.5 Å². The number of fused-ring (bicyclic) bond motifs is 1. The van der Waals surface area contributed by atoms with Crippen molar-refractivity contribution in [2.24, 2.45) is 11.8 Å².